The van der Waals surface area contributed by atoms with Gasteiger partial charge in [0.25, 0.3) is 5.91 Å². The van der Waals surface area contributed by atoms with E-state index in [-0.39, 0.29) is 5.91 Å². The van der Waals surface area contributed by atoms with Crippen LogP contribution in [-0.2, 0) is 6.54 Å². The van der Waals surface area contributed by atoms with E-state index in [1.807, 2.05) is 38.2 Å². The molecule has 1 aliphatic heterocycles. The van der Waals surface area contributed by atoms with Gasteiger partial charge in [-0.05, 0) is 45.5 Å². The Kier molecular flexibility index (Phi) is 5.17. The van der Waals surface area contributed by atoms with E-state index in [1.54, 1.807) is 11.0 Å². The lowest BCUT2D eigenvalue weighted by atomic mass is 10.0. The average Bonchev–Trinajstić information content (AvgIpc) is 3.28. The summed E-state index contributed by atoms with van der Waals surface area (Å²) >= 11 is 0. The third-order valence-electron chi connectivity index (χ3n) is 5.69. The smallest absolute Gasteiger partial charge is 0.275 e. The molecule has 0 N–H and O–H groups in total. The van der Waals surface area contributed by atoms with Gasteiger partial charge in [0.2, 0.25) is 0 Å². The Morgan fingerprint density at radius 1 is 1.32 bits per heavy atom. The van der Waals surface area contributed by atoms with Gasteiger partial charge in [0.15, 0.2) is 11.5 Å². The molecule has 7 nitrogen and oxygen atoms in total. The first-order chi connectivity index (χ1) is 13.5. The van der Waals surface area contributed by atoms with E-state index in [1.165, 1.54) is 12.8 Å². The fourth-order valence-corrected chi connectivity index (χ4v) is 4.01. The van der Waals surface area contributed by atoms with Gasteiger partial charge in [-0.1, -0.05) is 23.7 Å². The number of aromatic nitrogens is 3. The van der Waals surface area contributed by atoms with Crippen molar-refractivity contribution in [3.8, 4) is 0 Å². The summed E-state index contributed by atoms with van der Waals surface area (Å²) in [7, 11) is 3.97. The van der Waals surface area contributed by atoms with Crippen LogP contribution in [0.15, 0.2) is 34.9 Å². The number of fused-ring (bicyclic) bond motifs is 1. The molecule has 0 aliphatic carbocycles. The Labute approximate surface area is 164 Å². The van der Waals surface area contributed by atoms with Crippen molar-refractivity contribution in [1.29, 1.82) is 0 Å². The highest BCUT2D eigenvalue weighted by Crippen LogP contribution is 2.19. The zero-order chi connectivity index (χ0) is 19.7. The van der Waals surface area contributed by atoms with Crippen LogP contribution in [0.1, 0.15) is 41.3 Å². The number of para-hydroxylation sites is 2. The van der Waals surface area contributed by atoms with Gasteiger partial charge in [0.05, 0.1) is 17.6 Å². The highest BCUT2D eigenvalue weighted by molar-refractivity contribution is 5.92. The maximum absolute atomic E-state index is 12.8. The molecule has 1 saturated heterocycles. The lowest BCUT2D eigenvalue weighted by Gasteiger charge is -2.34. The maximum atomic E-state index is 12.8. The second-order valence-corrected chi connectivity index (χ2v) is 7.73. The number of nitrogens with zero attached hydrogens (tertiary/aromatic N) is 5. The standard InChI is InChI=1S/C21H27N5O2/c1-15-22-18-9-4-5-10-20(18)26(15)14-17-12-19(23-28-17)21(27)25(3)13-16-8-6-7-11-24(16)2/h4-5,9-10,12,16H,6-8,11,13-14H2,1-3H3/t16-/m1/s1. The third-order valence-corrected chi connectivity index (χ3v) is 5.69. The van der Waals surface area contributed by atoms with Crippen molar-refractivity contribution in [2.45, 2.75) is 38.8 Å². The number of amides is 1. The second-order valence-electron chi connectivity index (χ2n) is 7.73. The molecule has 0 unspecified atom stereocenters. The second kappa shape index (κ2) is 7.75. The third kappa shape index (κ3) is 3.67. The number of benzene rings is 1. The predicted molar refractivity (Wildman–Crippen MR) is 107 cm³/mol. The fraction of sp³-hybridized carbons (Fsp3) is 0.476. The van der Waals surface area contributed by atoms with Gasteiger partial charge < -0.3 is 18.9 Å². The van der Waals surface area contributed by atoms with Crippen LogP contribution >= 0.6 is 0 Å². The van der Waals surface area contributed by atoms with E-state index < -0.39 is 0 Å². The number of imidazole rings is 1. The molecule has 7 heteroatoms. The Morgan fingerprint density at radius 2 is 2.14 bits per heavy atom. The average molecular weight is 381 g/mol. The van der Waals surface area contributed by atoms with Crippen LogP contribution in [0.3, 0.4) is 0 Å². The van der Waals surface area contributed by atoms with Crippen molar-refractivity contribution in [3.63, 3.8) is 0 Å². The summed E-state index contributed by atoms with van der Waals surface area (Å²) in [5.74, 6) is 1.46. The van der Waals surface area contributed by atoms with Crippen LogP contribution in [0.5, 0.6) is 0 Å². The lowest BCUT2D eigenvalue weighted by molar-refractivity contribution is 0.0707. The number of hydrogen-bond acceptors (Lipinski definition) is 5. The van der Waals surface area contributed by atoms with Crippen molar-refractivity contribution in [3.05, 3.63) is 47.6 Å². The molecule has 0 spiro atoms. The number of hydrogen-bond donors (Lipinski definition) is 0. The highest BCUT2D eigenvalue weighted by Gasteiger charge is 2.24. The van der Waals surface area contributed by atoms with Crippen molar-refractivity contribution in [1.82, 2.24) is 24.5 Å². The molecule has 1 fully saturated rings. The van der Waals surface area contributed by atoms with Crippen molar-refractivity contribution in [2.24, 2.45) is 0 Å². The minimum absolute atomic E-state index is 0.0961. The van der Waals surface area contributed by atoms with Gasteiger partial charge in [-0.2, -0.15) is 0 Å². The molecule has 0 saturated carbocycles. The highest BCUT2D eigenvalue weighted by atomic mass is 16.5. The summed E-state index contributed by atoms with van der Waals surface area (Å²) in [4.78, 5) is 21.5. The number of carbonyl (C=O) groups is 1. The molecule has 1 atom stereocenters. The monoisotopic (exact) mass is 381 g/mol. The molecule has 4 rings (SSSR count). The summed E-state index contributed by atoms with van der Waals surface area (Å²) in [6.07, 6.45) is 3.59. The predicted octanol–water partition coefficient (Wildman–Crippen LogP) is 2.94. The normalized spacial score (nSPS) is 17.9. The molecular weight excluding hydrogens is 354 g/mol. The van der Waals surface area contributed by atoms with Gasteiger partial charge in [-0.15, -0.1) is 0 Å². The summed E-state index contributed by atoms with van der Waals surface area (Å²) in [5, 5.41) is 4.03. The van der Waals surface area contributed by atoms with Gasteiger partial charge in [0, 0.05) is 25.7 Å². The minimum Gasteiger partial charge on any atom is -0.359 e. The Hall–Kier alpha value is -2.67. The molecule has 0 radical (unpaired) electrons. The molecule has 148 valence electrons. The summed E-state index contributed by atoms with van der Waals surface area (Å²) in [5.41, 5.74) is 2.35. The zero-order valence-electron chi connectivity index (χ0n) is 16.8. The van der Waals surface area contributed by atoms with E-state index in [9.17, 15) is 4.79 Å². The molecule has 1 aliphatic rings. The first-order valence-electron chi connectivity index (χ1n) is 9.86. The van der Waals surface area contributed by atoms with Gasteiger partial charge in [-0.25, -0.2) is 4.98 Å². The summed E-state index contributed by atoms with van der Waals surface area (Å²) < 4.78 is 7.54. The number of carbonyl (C=O) groups excluding carboxylic acids is 1. The van der Waals surface area contributed by atoms with Crippen LogP contribution in [0, 0.1) is 6.92 Å². The van der Waals surface area contributed by atoms with Gasteiger partial charge >= 0.3 is 0 Å². The largest absolute Gasteiger partial charge is 0.359 e. The lowest BCUT2D eigenvalue weighted by Crippen LogP contribution is -2.45. The summed E-state index contributed by atoms with van der Waals surface area (Å²) in [6, 6.07) is 10.2. The van der Waals surface area contributed by atoms with Crippen LogP contribution < -0.4 is 0 Å². The number of likely N-dealkylation sites (N-methyl/N-ethyl adjacent to an activating group) is 2. The van der Waals surface area contributed by atoms with E-state index in [2.05, 4.69) is 26.7 Å². The Bertz CT molecular complexity index is 976. The van der Waals surface area contributed by atoms with Crippen LogP contribution in [-0.4, -0.2) is 63.6 Å². The molecule has 1 amide bonds. The molecular formula is C21H27N5O2. The minimum atomic E-state index is -0.0961. The van der Waals surface area contributed by atoms with Gasteiger partial charge in [-0.3, -0.25) is 4.79 Å². The van der Waals surface area contributed by atoms with Crippen LogP contribution in [0.4, 0.5) is 0 Å². The molecule has 2 aromatic heterocycles. The molecule has 3 heterocycles. The Morgan fingerprint density at radius 3 is 2.96 bits per heavy atom. The van der Waals surface area contributed by atoms with Crippen molar-refractivity contribution in [2.75, 3.05) is 27.2 Å². The fourth-order valence-electron chi connectivity index (χ4n) is 4.01. The molecule has 1 aromatic carbocycles. The number of aryl methyl sites for hydroxylation is 1. The Balaban J connectivity index is 1.46. The molecule has 3 aromatic rings. The maximum Gasteiger partial charge on any atom is 0.275 e. The van der Waals surface area contributed by atoms with E-state index in [4.69, 9.17) is 4.52 Å². The van der Waals surface area contributed by atoms with E-state index in [0.717, 1.165) is 29.8 Å². The van der Waals surface area contributed by atoms with E-state index in [0.29, 0.717) is 30.6 Å². The van der Waals surface area contributed by atoms with Crippen molar-refractivity contribution >= 4 is 16.9 Å². The molecule has 0 bridgehead atoms. The number of likely N-dealkylation sites (tertiary alicyclic amines) is 1. The zero-order valence-corrected chi connectivity index (χ0v) is 16.8. The van der Waals surface area contributed by atoms with Gasteiger partial charge in [0.1, 0.15) is 5.82 Å². The van der Waals surface area contributed by atoms with E-state index >= 15 is 0 Å². The topological polar surface area (TPSA) is 67.4 Å². The van der Waals surface area contributed by atoms with Crippen molar-refractivity contribution < 1.29 is 9.32 Å². The van der Waals surface area contributed by atoms with Crippen LogP contribution in [0.25, 0.3) is 11.0 Å². The first kappa shape index (κ1) is 18.7. The first-order valence-corrected chi connectivity index (χ1v) is 9.86. The van der Waals surface area contributed by atoms with Crippen LogP contribution in [0.2, 0.25) is 0 Å². The summed E-state index contributed by atoms with van der Waals surface area (Å²) in [6.45, 7) is 4.28. The SMILES string of the molecule is Cc1nc2ccccc2n1Cc1cc(C(=O)N(C)C[C@H]2CCCCN2C)no1. The quantitative estimate of drug-likeness (QED) is 0.680. The number of rotatable bonds is 5. The number of piperidine rings is 1. The molecule has 28 heavy (non-hydrogen) atoms.